The summed E-state index contributed by atoms with van der Waals surface area (Å²) in [5.74, 6) is 0.671. The maximum Gasteiger partial charge on any atom is 0.272 e. The molecule has 1 aliphatic heterocycles. The summed E-state index contributed by atoms with van der Waals surface area (Å²) in [6.45, 7) is 3.45. The second-order valence-corrected chi connectivity index (χ2v) is 5.46. The predicted molar refractivity (Wildman–Crippen MR) is 90.1 cm³/mol. The first kappa shape index (κ1) is 16.4. The fourth-order valence-electron chi connectivity index (χ4n) is 2.33. The van der Waals surface area contributed by atoms with E-state index in [0.29, 0.717) is 33.9 Å². The highest BCUT2D eigenvalue weighted by Crippen LogP contribution is 2.32. The van der Waals surface area contributed by atoms with Crippen molar-refractivity contribution in [1.29, 1.82) is 0 Å². The average Bonchev–Trinajstić information content (AvgIpc) is 3.07. The largest absolute Gasteiger partial charge is 0.454 e. The minimum Gasteiger partial charge on any atom is -0.454 e. The number of hydrogen-bond acceptors (Lipinski definition) is 6. The Morgan fingerprint density at radius 3 is 2.64 bits per heavy atom. The zero-order valence-electron chi connectivity index (χ0n) is 13.6. The van der Waals surface area contributed by atoms with E-state index in [1.54, 1.807) is 44.2 Å². The van der Waals surface area contributed by atoms with Crippen molar-refractivity contribution in [2.24, 2.45) is 5.10 Å². The zero-order valence-corrected chi connectivity index (χ0v) is 13.6. The molecular weight excluding hydrogens is 326 g/mol. The summed E-state index contributed by atoms with van der Waals surface area (Å²) in [5, 5.41) is 15.0. The van der Waals surface area contributed by atoms with Gasteiger partial charge in [-0.2, -0.15) is 5.10 Å². The Kier molecular flexibility index (Phi) is 4.34. The summed E-state index contributed by atoms with van der Waals surface area (Å²) >= 11 is 0. The molecule has 0 atom stereocenters. The van der Waals surface area contributed by atoms with Gasteiger partial charge in [0.25, 0.3) is 11.6 Å². The van der Waals surface area contributed by atoms with Gasteiger partial charge in [-0.25, -0.2) is 5.43 Å². The minimum absolute atomic E-state index is 0.00847. The van der Waals surface area contributed by atoms with Gasteiger partial charge in [-0.05, 0) is 32.0 Å². The molecule has 2 aromatic carbocycles. The van der Waals surface area contributed by atoms with Crippen LogP contribution < -0.4 is 14.9 Å². The minimum atomic E-state index is -0.447. The van der Waals surface area contributed by atoms with Gasteiger partial charge in [-0.15, -0.1) is 0 Å². The smallest absolute Gasteiger partial charge is 0.272 e. The van der Waals surface area contributed by atoms with E-state index < -0.39 is 10.8 Å². The van der Waals surface area contributed by atoms with Crippen molar-refractivity contribution in [3.63, 3.8) is 0 Å². The van der Waals surface area contributed by atoms with Gasteiger partial charge in [0.2, 0.25) is 6.79 Å². The zero-order chi connectivity index (χ0) is 18.0. The first-order valence-electron chi connectivity index (χ1n) is 7.45. The third-order valence-electron chi connectivity index (χ3n) is 3.78. The summed E-state index contributed by atoms with van der Waals surface area (Å²) in [7, 11) is 0. The molecular formula is C17H15N3O5. The molecule has 0 aliphatic carbocycles. The molecule has 8 nitrogen and oxygen atoms in total. The van der Waals surface area contributed by atoms with Crippen LogP contribution in [0.3, 0.4) is 0 Å². The van der Waals surface area contributed by atoms with E-state index in [4.69, 9.17) is 9.47 Å². The standard InChI is InChI=1S/C17H15N3O5/c1-10-3-4-12(7-14(10)20(22)23)11(2)18-19-17(21)13-5-6-15-16(8-13)25-9-24-15/h3-8H,9H2,1-2H3,(H,19,21)/b18-11-. The number of benzene rings is 2. The fourth-order valence-corrected chi connectivity index (χ4v) is 2.33. The highest BCUT2D eigenvalue weighted by Gasteiger charge is 2.16. The molecule has 1 amide bonds. The van der Waals surface area contributed by atoms with Gasteiger partial charge in [-0.3, -0.25) is 14.9 Å². The number of nitro groups is 1. The maximum atomic E-state index is 12.2. The number of carbonyl (C=O) groups excluding carboxylic acids is 1. The third-order valence-corrected chi connectivity index (χ3v) is 3.78. The number of aryl methyl sites for hydroxylation is 1. The van der Waals surface area contributed by atoms with Crippen molar-refractivity contribution in [2.45, 2.75) is 13.8 Å². The van der Waals surface area contributed by atoms with Crippen molar-refractivity contribution in [2.75, 3.05) is 6.79 Å². The fraction of sp³-hybridized carbons (Fsp3) is 0.176. The summed E-state index contributed by atoms with van der Waals surface area (Å²) in [6.07, 6.45) is 0. The number of hydrogen-bond donors (Lipinski definition) is 1. The lowest BCUT2D eigenvalue weighted by Crippen LogP contribution is -2.19. The summed E-state index contributed by atoms with van der Waals surface area (Å²) < 4.78 is 10.4. The number of nitrogens with zero attached hydrogens (tertiary/aromatic N) is 2. The Morgan fingerprint density at radius 2 is 1.88 bits per heavy atom. The lowest BCUT2D eigenvalue weighted by molar-refractivity contribution is -0.385. The number of nitro benzene ring substituents is 1. The van der Waals surface area contributed by atoms with Crippen LogP contribution in [0.2, 0.25) is 0 Å². The Morgan fingerprint density at radius 1 is 1.16 bits per heavy atom. The maximum absolute atomic E-state index is 12.2. The Labute approximate surface area is 143 Å². The molecule has 25 heavy (non-hydrogen) atoms. The van der Waals surface area contributed by atoms with Gasteiger partial charge in [0.15, 0.2) is 11.5 Å². The lowest BCUT2D eigenvalue weighted by Gasteiger charge is -2.05. The van der Waals surface area contributed by atoms with Crippen molar-refractivity contribution in [1.82, 2.24) is 5.43 Å². The number of carbonyl (C=O) groups is 1. The van der Waals surface area contributed by atoms with Crippen molar-refractivity contribution >= 4 is 17.3 Å². The molecule has 128 valence electrons. The van der Waals surface area contributed by atoms with Crippen LogP contribution in [0.15, 0.2) is 41.5 Å². The molecule has 1 heterocycles. The summed E-state index contributed by atoms with van der Waals surface area (Å²) in [6, 6.07) is 9.61. The summed E-state index contributed by atoms with van der Waals surface area (Å²) in [4.78, 5) is 22.8. The molecule has 0 spiro atoms. The van der Waals surface area contributed by atoms with Gasteiger partial charge < -0.3 is 9.47 Å². The molecule has 0 bridgehead atoms. The van der Waals surface area contributed by atoms with Crippen LogP contribution in [0.25, 0.3) is 0 Å². The molecule has 0 saturated carbocycles. The van der Waals surface area contributed by atoms with E-state index in [1.165, 1.54) is 6.07 Å². The monoisotopic (exact) mass is 341 g/mol. The molecule has 0 unspecified atom stereocenters. The van der Waals surface area contributed by atoms with Crippen molar-refractivity contribution < 1.29 is 19.2 Å². The lowest BCUT2D eigenvalue weighted by atomic mass is 10.1. The Bertz CT molecular complexity index is 892. The van der Waals surface area contributed by atoms with Crippen LogP contribution in [0.5, 0.6) is 11.5 Å². The predicted octanol–water partition coefficient (Wildman–Crippen LogP) is 2.79. The average molecular weight is 341 g/mol. The highest BCUT2D eigenvalue weighted by atomic mass is 16.7. The number of hydrazone groups is 1. The molecule has 1 aliphatic rings. The van der Waals surface area contributed by atoms with Crippen LogP contribution >= 0.6 is 0 Å². The molecule has 0 aromatic heterocycles. The van der Waals surface area contributed by atoms with Crippen LogP contribution in [0.4, 0.5) is 5.69 Å². The van der Waals surface area contributed by atoms with Gasteiger partial charge in [0.1, 0.15) is 0 Å². The topological polar surface area (TPSA) is 103 Å². The number of fused-ring (bicyclic) bond motifs is 1. The first-order valence-corrected chi connectivity index (χ1v) is 7.45. The Hall–Kier alpha value is -3.42. The molecule has 0 radical (unpaired) electrons. The van der Waals surface area contributed by atoms with Crippen LogP contribution in [-0.4, -0.2) is 23.3 Å². The van der Waals surface area contributed by atoms with Crippen molar-refractivity contribution in [3.05, 3.63) is 63.2 Å². The van der Waals surface area contributed by atoms with E-state index in [1.807, 2.05) is 0 Å². The van der Waals surface area contributed by atoms with Crippen molar-refractivity contribution in [3.8, 4) is 11.5 Å². The normalized spacial score (nSPS) is 12.8. The van der Waals surface area contributed by atoms with E-state index in [0.717, 1.165) is 0 Å². The first-order chi connectivity index (χ1) is 12.0. The Balaban J connectivity index is 1.76. The number of amides is 1. The second kappa shape index (κ2) is 6.60. The molecule has 2 aromatic rings. The number of rotatable bonds is 4. The second-order valence-electron chi connectivity index (χ2n) is 5.46. The van der Waals surface area contributed by atoms with Crippen LogP contribution in [-0.2, 0) is 0 Å². The SMILES string of the molecule is C/C(=N/NC(=O)c1ccc2c(c1)OCO2)c1ccc(C)c([N+](=O)[O-])c1. The van der Waals surface area contributed by atoms with Gasteiger partial charge in [-0.1, -0.05) is 12.1 Å². The van der Waals surface area contributed by atoms with Gasteiger partial charge in [0, 0.05) is 22.8 Å². The quantitative estimate of drug-likeness (QED) is 0.523. The van der Waals surface area contributed by atoms with Crippen LogP contribution in [0.1, 0.15) is 28.4 Å². The molecule has 1 N–H and O–H groups in total. The third kappa shape index (κ3) is 3.42. The van der Waals surface area contributed by atoms with E-state index in [2.05, 4.69) is 10.5 Å². The van der Waals surface area contributed by atoms with E-state index >= 15 is 0 Å². The van der Waals surface area contributed by atoms with Crippen LogP contribution in [0, 0.1) is 17.0 Å². The summed E-state index contributed by atoms with van der Waals surface area (Å²) in [5.41, 5.74) is 4.39. The van der Waals surface area contributed by atoms with E-state index in [-0.39, 0.29) is 12.5 Å². The molecule has 8 heteroatoms. The number of ether oxygens (including phenoxy) is 2. The molecule has 0 saturated heterocycles. The van der Waals surface area contributed by atoms with Gasteiger partial charge in [0.05, 0.1) is 10.6 Å². The van der Waals surface area contributed by atoms with E-state index in [9.17, 15) is 14.9 Å². The molecule has 0 fully saturated rings. The van der Waals surface area contributed by atoms with Gasteiger partial charge >= 0.3 is 0 Å². The number of nitrogens with one attached hydrogen (secondary N) is 1. The molecule has 3 rings (SSSR count). The highest BCUT2D eigenvalue weighted by molar-refractivity contribution is 6.01.